The zero-order chi connectivity index (χ0) is 18.8. The fourth-order valence-corrected chi connectivity index (χ4v) is 5.32. The summed E-state index contributed by atoms with van der Waals surface area (Å²) in [5.74, 6) is -0.0118. The molecule has 0 aliphatic carbocycles. The van der Waals surface area contributed by atoms with Crippen LogP contribution in [0, 0.1) is 6.92 Å². The number of nitrogens with one attached hydrogen (secondary N) is 1. The van der Waals surface area contributed by atoms with Gasteiger partial charge in [0.2, 0.25) is 0 Å². The first-order valence-electron chi connectivity index (χ1n) is 9.07. The molecule has 1 atom stereocenters. The number of rotatable bonds is 4. The number of amides is 1. The number of fused-ring (bicyclic) bond motifs is 1. The number of aryl methyl sites for hydroxylation is 1. The van der Waals surface area contributed by atoms with E-state index in [9.17, 15) is 4.79 Å². The molecule has 0 saturated carbocycles. The lowest BCUT2D eigenvalue weighted by molar-refractivity contribution is 0.0955. The topological polar surface area (TPSA) is 32.3 Å². The lowest BCUT2D eigenvalue weighted by atomic mass is 10.1. The normalized spacial score (nSPS) is 16.1. The van der Waals surface area contributed by atoms with Crippen molar-refractivity contribution >= 4 is 39.7 Å². The van der Waals surface area contributed by atoms with Crippen LogP contribution in [0.1, 0.15) is 27.7 Å². The van der Waals surface area contributed by atoms with Crippen LogP contribution in [0.3, 0.4) is 0 Å². The Bertz CT molecular complexity index is 966. The van der Waals surface area contributed by atoms with Crippen molar-refractivity contribution in [3.8, 4) is 0 Å². The molecule has 3 aromatic rings. The number of carbonyl (C=O) groups is 1. The number of benzene rings is 2. The zero-order valence-corrected chi connectivity index (χ0v) is 17.1. The van der Waals surface area contributed by atoms with Crippen molar-refractivity contribution in [1.29, 1.82) is 0 Å². The van der Waals surface area contributed by atoms with Crippen molar-refractivity contribution in [1.82, 2.24) is 5.32 Å². The molecule has 0 radical (unpaired) electrons. The van der Waals surface area contributed by atoms with E-state index < -0.39 is 0 Å². The minimum atomic E-state index is -0.0118. The molecule has 2 heterocycles. The summed E-state index contributed by atoms with van der Waals surface area (Å²) in [5, 5.41) is 4.68. The van der Waals surface area contributed by atoms with E-state index in [1.165, 1.54) is 16.1 Å². The van der Waals surface area contributed by atoms with Gasteiger partial charge in [-0.05, 0) is 42.3 Å². The van der Waals surface area contributed by atoms with Crippen LogP contribution in [0.4, 0.5) is 10.7 Å². The van der Waals surface area contributed by atoms with Crippen molar-refractivity contribution < 1.29 is 4.79 Å². The fourth-order valence-electron chi connectivity index (χ4n) is 3.26. The molecule has 0 saturated heterocycles. The van der Waals surface area contributed by atoms with E-state index in [2.05, 4.69) is 66.5 Å². The van der Waals surface area contributed by atoms with Crippen LogP contribution < -0.4 is 10.2 Å². The molecule has 1 amide bonds. The smallest absolute Gasteiger partial charge is 0.261 e. The highest BCUT2D eigenvalue weighted by Gasteiger charge is 2.24. The van der Waals surface area contributed by atoms with Gasteiger partial charge in [0.25, 0.3) is 5.91 Å². The Kier molecular flexibility index (Phi) is 5.23. The number of nitrogens with zero attached hydrogens (tertiary/aromatic N) is 1. The first kappa shape index (κ1) is 18.1. The molecule has 1 aromatic heterocycles. The van der Waals surface area contributed by atoms with Crippen LogP contribution in [-0.4, -0.2) is 17.7 Å². The molecule has 5 heteroatoms. The maximum atomic E-state index is 12.6. The second-order valence-corrected chi connectivity index (χ2v) is 9.30. The molecule has 1 aliphatic rings. The van der Waals surface area contributed by atoms with Gasteiger partial charge in [0.05, 0.1) is 15.6 Å². The molecule has 0 bridgehead atoms. The Morgan fingerprint density at radius 1 is 1.11 bits per heavy atom. The maximum absolute atomic E-state index is 12.6. The molecular formula is C22H22N2OS2. The highest BCUT2D eigenvalue weighted by molar-refractivity contribution is 8.00. The minimum absolute atomic E-state index is 0.0118. The summed E-state index contributed by atoms with van der Waals surface area (Å²) in [4.78, 5) is 17.0. The van der Waals surface area contributed by atoms with E-state index in [4.69, 9.17) is 0 Å². The van der Waals surface area contributed by atoms with Gasteiger partial charge in [-0.1, -0.05) is 43.3 Å². The SMILES string of the molecule is Cc1ccccc1CNC(=O)c1ccc(N2C[C@@H](C)Sc3ccccc32)s1. The number of anilines is 2. The van der Waals surface area contributed by atoms with Crippen LogP contribution >= 0.6 is 23.1 Å². The van der Waals surface area contributed by atoms with Crippen molar-refractivity contribution in [2.24, 2.45) is 0 Å². The van der Waals surface area contributed by atoms with E-state index in [0.29, 0.717) is 11.8 Å². The molecule has 1 N–H and O–H groups in total. The van der Waals surface area contributed by atoms with E-state index in [1.54, 1.807) is 11.3 Å². The summed E-state index contributed by atoms with van der Waals surface area (Å²) in [6.07, 6.45) is 0. The van der Waals surface area contributed by atoms with Gasteiger partial charge in [0.1, 0.15) is 0 Å². The lowest BCUT2D eigenvalue weighted by Gasteiger charge is -2.33. The molecule has 3 nitrogen and oxygen atoms in total. The van der Waals surface area contributed by atoms with Gasteiger partial charge in [0, 0.05) is 23.2 Å². The highest BCUT2D eigenvalue weighted by atomic mass is 32.2. The van der Waals surface area contributed by atoms with Gasteiger partial charge in [0.15, 0.2) is 0 Å². The largest absolute Gasteiger partial charge is 0.347 e. The number of carbonyl (C=O) groups excluding carboxylic acids is 1. The number of hydrogen-bond donors (Lipinski definition) is 1. The summed E-state index contributed by atoms with van der Waals surface area (Å²) in [5.41, 5.74) is 3.58. The number of para-hydroxylation sites is 1. The highest BCUT2D eigenvalue weighted by Crippen LogP contribution is 2.43. The second kappa shape index (κ2) is 7.79. The first-order valence-corrected chi connectivity index (χ1v) is 10.8. The minimum Gasteiger partial charge on any atom is -0.347 e. The molecule has 138 valence electrons. The number of thioether (sulfide) groups is 1. The zero-order valence-electron chi connectivity index (χ0n) is 15.4. The lowest BCUT2D eigenvalue weighted by Crippen LogP contribution is -2.28. The van der Waals surface area contributed by atoms with Gasteiger partial charge in [-0.25, -0.2) is 0 Å². The summed E-state index contributed by atoms with van der Waals surface area (Å²) >= 11 is 3.47. The van der Waals surface area contributed by atoms with Crippen molar-refractivity contribution in [3.05, 3.63) is 76.7 Å². The Labute approximate surface area is 168 Å². The van der Waals surface area contributed by atoms with E-state index in [0.717, 1.165) is 22.0 Å². The predicted molar refractivity (Wildman–Crippen MR) is 115 cm³/mol. The average Bonchev–Trinajstić information content (AvgIpc) is 3.16. The van der Waals surface area contributed by atoms with Crippen molar-refractivity contribution in [2.75, 3.05) is 11.4 Å². The summed E-state index contributed by atoms with van der Waals surface area (Å²) in [6.45, 7) is 5.82. The Hall–Kier alpha value is -2.24. The maximum Gasteiger partial charge on any atom is 0.261 e. The number of hydrogen-bond acceptors (Lipinski definition) is 4. The van der Waals surface area contributed by atoms with Gasteiger partial charge in [-0.15, -0.1) is 23.1 Å². The van der Waals surface area contributed by atoms with Crippen LogP contribution in [-0.2, 0) is 6.54 Å². The standard InChI is InChI=1S/C22H22N2OS2/c1-15-7-3-4-8-17(15)13-23-22(25)20-11-12-21(27-20)24-14-16(2)26-19-10-6-5-9-18(19)24/h3-12,16H,13-14H2,1-2H3,(H,23,25)/t16-/m1/s1. The van der Waals surface area contributed by atoms with Crippen LogP contribution in [0.25, 0.3) is 0 Å². The summed E-state index contributed by atoms with van der Waals surface area (Å²) < 4.78 is 0. The van der Waals surface area contributed by atoms with Crippen molar-refractivity contribution in [3.63, 3.8) is 0 Å². The summed E-state index contributed by atoms with van der Waals surface area (Å²) in [6, 6.07) is 20.6. The third kappa shape index (κ3) is 3.89. The second-order valence-electron chi connectivity index (χ2n) is 6.75. The van der Waals surface area contributed by atoms with Crippen molar-refractivity contribution in [2.45, 2.75) is 30.5 Å². The van der Waals surface area contributed by atoms with Gasteiger partial charge in [-0.2, -0.15) is 0 Å². The van der Waals surface area contributed by atoms with Crippen LogP contribution in [0.2, 0.25) is 0 Å². The van der Waals surface area contributed by atoms with Gasteiger partial charge < -0.3 is 10.2 Å². The Balaban J connectivity index is 1.50. The van der Waals surface area contributed by atoms with Crippen LogP contribution in [0.15, 0.2) is 65.6 Å². The Morgan fingerprint density at radius 2 is 1.89 bits per heavy atom. The molecule has 4 rings (SSSR count). The Morgan fingerprint density at radius 3 is 2.74 bits per heavy atom. The van der Waals surface area contributed by atoms with E-state index >= 15 is 0 Å². The monoisotopic (exact) mass is 394 g/mol. The first-order chi connectivity index (χ1) is 13.1. The summed E-state index contributed by atoms with van der Waals surface area (Å²) in [7, 11) is 0. The predicted octanol–water partition coefficient (Wildman–Crippen LogP) is 5.62. The van der Waals surface area contributed by atoms with E-state index in [1.807, 2.05) is 30.0 Å². The quantitative estimate of drug-likeness (QED) is 0.623. The van der Waals surface area contributed by atoms with Gasteiger partial charge in [-0.3, -0.25) is 4.79 Å². The van der Waals surface area contributed by atoms with Crippen LogP contribution in [0.5, 0.6) is 0 Å². The molecule has 0 unspecified atom stereocenters. The molecule has 2 aromatic carbocycles. The third-order valence-electron chi connectivity index (χ3n) is 4.71. The fraction of sp³-hybridized carbons (Fsp3) is 0.227. The number of thiophene rings is 1. The van der Waals surface area contributed by atoms with Gasteiger partial charge >= 0.3 is 0 Å². The van der Waals surface area contributed by atoms with E-state index in [-0.39, 0.29) is 5.91 Å². The average molecular weight is 395 g/mol. The molecule has 27 heavy (non-hydrogen) atoms. The molecule has 0 fully saturated rings. The molecule has 0 spiro atoms. The molecular weight excluding hydrogens is 372 g/mol. The third-order valence-corrected chi connectivity index (χ3v) is 6.96. The molecule has 1 aliphatic heterocycles.